The Balaban J connectivity index is 1.76. The number of nitrogens with zero attached hydrogens (tertiary/aromatic N) is 1. The molecule has 1 aliphatic carbocycles. The van der Waals surface area contributed by atoms with Crippen LogP contribution in [-0.4, -0.2) is 29.4 Å². The number of rotatable bonds is 1. The van der Waals surface area contributed by atoms with E-state index < -0.39 is 0 Å². The van der Waals surface area contributed by atoms with Crippen molar-refractivity contribution in [3.63, 3.8) is 0 Å². The maximum absolute atomic E-state index is 12.6. The van der Waals surface area contributed by atoms with Crippen LogP contribution in [0.3, 0.4) is 0 Å². The lowest BCUT2D eigenvalue weighted by Gasteiger charge is -2.48. The fourth-order valence-electron chi connectivity index (χ4n) is 5.39. The Bertz CT molecular complexity index is 809. The predicted molar refractivity (Wildman–Crippen MR) is 88.5 cm³/mol. The van der Waals surface area contributed by atoms with Gasteiger partial charge in [0.05, 0.1) is 12.6 Å². The summed E-state index contributed by atoms with van der Waals surface area (Å²) in [5.41, 5.74) is 3.85. The van der Waals surface area contributed by atoms with E-state index in [0.717, 1.165) is 31.6 Å². The summed E-state index contributed by atoms with van der Waals surface area (Å²) in [6.07, 6.45) is 6.46. The number of benzene rings is 1. The second kappa shape index (κ2) is 4.53. The zero-order valence-electron chi connectivity index (χ0n) is 13.5. The number of nitrogens with one attached hydrogen (secondary N) is 1. The highest BCUT2D eigenvalue weighted by atomic mass is 16.5. The molecule has 4 nitrogen and oxygen atoms in total. The highest BCUT2D eigenvalue weighted by molar-refractivity contribution is 5.89. The summed E-state index contributed by atoms with van der Waals surface area (Å²) in [6.45, 7) is 0.868. The molecule has 5 rings (SSSR count). The number of methoxy groups -OCH3 is 1. The first-order chi connectivity index (χ1) is 11.2. The lowest BCUT2D eigenvalue weighted by Crippen LogP contribution is -2.52. The molecule has 120 valence electrons. The number of hydrogen-bond acceptors (Lipinski definition) is 2. The maximum atomic E-state index is 12.6. The van der Waals surface area contributed by atoms with Crippen LogP contribution in [-0.2, 0) is 16.8 Å². The van der Waals surface area contributed by atoms with Gasteiger partial charge in [-0.25, -0.2) is 0 Å². The molecule has 2 atom stereocenters. The van der Waals surface area contributed by atoms with Gasteiger partial charge in [-0.1, -0.05) is 12.8 Å². The molecular formula is C19H22N2O2. The van der Waals surface area contributed by atoms with Crippen molar-refractivity contribution in [2.75, 3.05) is 13.7 Å². The molecule has 2 fully saturated rings. The minimum atomic E-state index is -0.0603. The van der Waals surface area contributed by atoms with Crippen molar-refractivity contribution in [3.8, 4) is 5.75 Å². The minimum absolute atomic E-state index is 0.0603. The third-order valence-electron chi connectivity index (χ3n) is 6.37. The lowest BCUT2D eigenvalue weighted by atomic mass is 9.69. The molecule has 2 aromatic rings. The Labute approximate surface area is 135 Å². The van der Waals surface area contributed by atoms with E-state index in [1.807, 2.05) is 6.07 Å². The van der Waals surface area contributed by atoms with Crippen LogP contribution in [0.25, 0.3) is 10.9 Å². The lowest BCUT2D eigenvalue weighted by molar-refractivity contribution is -0.132. The van der Waals surface area contributed by atoms with Crippen LogP contribution >= 0.6 is 0 Å². The van der Waals surface area contributed by atoms with Crippen molar-refractivity contribution in [1.82, 2.24) is 9.88 Å². The normalized spacial score (nSPS) is 29.3. The van der Waals surface area contributed by atoms with Crippen LogP contribution in [0.5, 0.6) is 5.75 Å². The smallest absolute Gasteiger partial charge is 0.223 e. The number of carbonyl (C=O) groups is 1. The van der Waals surface area contributed by atoms with Crippen LogP contribution in [0.15, 0.2) is 18.2 Å². The molecular weight excluding hydrogens is 288 g/mol. The molecule has 0 unspecified atom stereocenters. The molecule has 1 N–H and O–H groups in total. The van der Waals surface area contributed by atoms with Gasteiger partial charge in [0.15, 0.2) is 0 Å². The number of hydrogen-bond donors (Lipinski definition) is 1. The minimum Gasteiger partial charge on any atom is -0.497 e. The van der Waals surface area contributed by atoms with Crippen molar-refractivity contribution in [2.45, 2.75) is 44.1 Å². The van der Waals surface area contributed by atoms with Crippen molar-refractivity contribution in [2.24, 2.45) is 5.92 Å². The summed E-state index contributed by atoms with van der Waals surface area (Å²) in [6, 6.07) is 6.27. The van der Waals surface area contributed by atoms with Gasteiger partial charge in [0.1, 0.15) is 5.75 Å². The van der Waals surface area contributed by atoms with Gasteiger partial charge in [0.2, 0.25) is 5.91 Å². The molecule has 1 aromatic heterocycles. The molecule has 0 bridgehead atoms. The molecule has 1 saturated heterocycles. The summed E-state index contributed by atoms with van der Waals surface area (Å²) >= 11 is 0. The molecule has 1 amide bonds. The molecule has 2 aliphatic heterocycles. The third kappa shape index (κ3) is 1.59. The Morgan fingerprint density at radius 2 is 2.26 bits per heavy atom. The van der Waals surface area contributed by atoms with Crippen LogP contribution in [0.4, 0.5) is 0 Å². The fraction of sp³-hybridized carbons (Fsp3) is 0.526. The molecule has 0 radical (unpaired) electrons. The summed E-state index contributed by atoms with van der Waals surface area (Å²) in [4.78, 5) is 18.5. The SMILES string of the molecule is COc1ccc2[nH]c3c(c2c1)CCN1C(=O)C[C@H]2CCCC[C@]321. The topological polar surface area (TPSA) is 45.3 Å². The average molecular weight is 310 g/mol. The molecule has 4 heteroatoms. The largest absolute Gasteiger partial charge is 0.497 e. The molecule has 23 heavy (non-hydrogen) atoms. The number of ether oxygens (including phenoxy) is 1. The van der Waals surface area contributed by atoms with Crippen LogP contribution in [0.1, 0.15) is 43.4 Å². The van der Waals surface area contributed by atoms with Gasteiger partial charge in [0.25, 0.3) is 0 Å². The number of aromatic nitrogens is 1. The number of fused-ring (bicyclic) bond motifs is 3. The van der Waals surface area contributed by atoms with E-state index in [-0.39, 0.29) is 5.54 Å². The standard InChI is InChI=1S/C19H22N2O2/c1-23-13-5-6-16-15(11-13)14-7-9-21-17(22)10-12-4-2-3-8-19(12,21)18(14)20-16/h5-6,11-12,20H,2-4,7-10H2,1H3/t12-,19-/m1/s1. The summed E-state index contributed by atoms with van der Waals surface area (Å²) in [5.74, 6) is 1.75. The average Bonchev–Trinajstić information content (AvgIpc) is 3.09. The molecule has 1 aromatic carbocycles. The van der Waals surface area contributed by atoms with E-state index in [4.69, 9.17) is 4.74 Å². The van der Waals surface area contributed by atoms with Gasteiger partial charge in [-0.15, -0.1) is 0 Å². The highest BCUT2D eigenvalue weighted by Gasteiger charge is 2.57. The summed E-state index contributed by atoms with van der Waals surface area (Å²) < 4.78 is 5.41. The van der Waals surface area contributed by atoms with Gasteiger partial charge in [0, 0.05) is 29.6 Å². The Kier molecular flexibility index (Phi) is 2.65. The summed E-state index contributed by atoms with van der Waals surface area (Å²) in [5, 5.41) is 1.28. The van der Waals surface area contributed by atoms with Crippen molar-refractivity contribution in [3.05, 3.63) is 29.5 Å². The van der Waals surface area contributed by atoms with Crippen LogP contribution in [0, 0.1) is 5.92 Å². The third-order valence-corrected chi connectivity index (χ3v) is 6.37. The van der Waals surface area contributed by atoms with Gasteiger partial charge in [-0.05, 0) is 48.9 Å². The molecule has 1 saturated carbocycles. The first-order valence-electron chi connectivity index (χ1n) is 8.73. The number of amides is 1. The second-order valence-corrected chi connectivity index (χ2v) is 7.26. The Hall–Kier alpha value is -1.97. The van der Waals surface area contributed by atoms with Gasteiger partial charge >= 0.3 is 0 Å². The monoisotopic (exact) mass is 310 g/mol. The van der Waals surface area contributed by atoms with E-state index in [2.05, 4.69) is 22.0 Å². The van der Waals surface area contributed by atoms with Gasteiger partial charge < -0.3 is 14.6 Å². The summed E-state index contributed by atoms with van der Waals surface area (Å²) in [7, 11) is 1.72. The quantitative estimate of drug-likeness (QED) is 0.878. The first kappa shape index (κ1) is 13.5. The molecule has 1 spiro atoms. The zero-order chi connectivity index (χ0) is 15.6. The predicted octanol–water partition coefficient (Wildman–Crippen LogP) is 3.35. The molecule has 3 aliphatic rings. The second-order valence-electron chi connectivity index (χ2n) is 7.26. The number of aromatic amines is 1. The molecule has 3 heterocycles. The Morgan fingerprint density at radius 1 is 1.35 bits per heavy atom. The van der Waals surface area contributed by atoms with Crippen molar-refractivity contribution < 1.29 is 9.53 Å². The zero-order valence-corrected chi connectivity index (χ0v) is 13.5. The Morgan fingerprint density at radius 3 is 3.13 bits per heavy atom. The van der Waals surface area contributed by atoms with E-state index in [1.165, 1.54) is 41.4 Å². The van der Waals surface area contributed by atoms with Gasteiger partial charge in [-0.3, -0.25) is 4.79 Å². The van der Waals surface area contributed by atoms with E-state index in [1.54, 1.807) is 7.11 Å². The van der Waals surface area contributed by atoms with E-state index in [9.17, 15) is 4.79 Å². The van der Waals surface area contributed by atoms with Gasteiger partial charge in [-0.2, -0.15) is 0 Å². The number of H-pyrrole nitrogens is 1. The van der Waals surface area contributed by atoms with E-state index in [0.29, 0.717) is 11.8 Å². The maximum Gasteiger partial charge on any atom is 0.223 e. The van der Waals surface area contributed by atoms with Crippen molar-refractivity contribution >= 4 is 16.8 Å². The van der Waals surface area contributed by atoms with Crippen molar-refractivity contribution in [1.29, 1.82) is 0 Å². The fourth-order valence-corrected chi connectivity index (χ4v) is 5.39. The first-order valence-corrected chi connectivity index (χ1v) is 8.73. The van der Waals surface area contributed by atoms with E-state index >= 15 is 0 Å². The highest BCUT2D eigenvalue weighted by Crippen LogP contribution is 2.55. The van der Waals surface area contributed by atoms with Crippen LogP contribution < -0.4 is 4.74 Å². The number of carbonyl (C=O) groups excluding carboxylic acids is 1. The van der Waals surface area contributed by atoms with Crippen LogP contribution in [0.2, 0.25) is 0 Å².